The fraction of sp³-hybridized carbons (Fsp3) is 0.357. The van der Waals surface area contributed by atoms with E-state index >= 15 is 0 Å². The van der Waals surface area contributed by atoms with Crippen LogP contribution >= 0.6 is 0 Å². The second-order valence-corrected chi connectivity index (χ2v) is 15.5. The highest BCUT2D eigenvalue weighted by Gasteiger charge is 2.31. The van der Waals surface area contributed by atoms with Crippen LogP contribution in [0.1, 0.15) is 46.6 Å². The summed E-state index contributed by atoms with van der Waals surface area (Å²) >= 11 is 0. The summed E-state index contributed by atoms with van der Waals surface area (Å²) in [5, 5.41) is 21.7. The number of hydrogen-bond acceptors (Lipinski definition) is 5. The largest absolute Gasteiger partial charge is 0.538 e. The minimum Gasteiger partial charge on any atom is -0.538 e. The third kappa shape index (κ3) is 5.49. The van der Waals surface area contributed by atoms with Crippen molar-refractivity contribution in [3.63, 3.8) is 0 Å². The molecule has 0 bridgehead atoms. The molecule has 0 atom stereocenters. The molecule has 7 nitrogen and oxygen atoms in total. The van der Waals surface area contributed by atoms with Gasteiger partial charge in [-0.2, -0.15) is 0 Å². The van der Waals surface area contributed by atoms with Gasteiger partial charge in [-0.25, -0.2) is 0 Å². The highest BCUT2D eigenvalue weighted by molar-refractivity contribution is 6.85. The van der Waals surface area contributed by atoms with Gasteiger partial charge in [0.15, 0.2) is 0 Å². The van der Waals surface area contributed by atoms with Gasteiger partial charge in [0.1, 0.15) is 22.5 Å². The van der Waals surface area contributed by atoms with Crippen molar-refractivity contribution in [3.05, 3.63) is 82.4 Å². The first-order valence-corrected chi connectivity index (χ1v) is 15.1. The van der Waals surface area contributed by atoms with Crippen LogP contribution in [0.2, 0.25) is 13.1 Å². The number of rotatable bonds is 7. The molecule has 0 aliphatic carbocycles. The van der Waals surface area contributed by atoms with Crippen LogP contribution in [0, 0.1) is 15.5 Å². The molecule has 0 aliphatic heterocycles. The zero-order chi connectivity index (χ0) is 26.3. The van der Waals surface area contributed by atoms with Crippen LogP contribution in [0.5, 0.6) is 5.75 Å². The second kappa shape index (κ2) is 9.17. The van der Waals surface area contributed by atoms with E-state index in [1.54, 1.807) is 10.9 Å². The quantitative estimate of drug-likeness (QED) is 0.163. The Morgan fingerprint density at radius 1 is 0.917 bits per heavy atom. The Hall–Kier alpha value is -3.52. The molecule has 0 saturated carbocycles. The Morgan fingerprint density at radius 3 is 2.22 bits per heavy atom. The fourth-order valence-corrected chi connectivity index (χ4v) is 6.74. The van der Waals surface area contributed by atoms with Crippen LogP contribution in [0.3, 0.4) is 0 Å². The SMILES string of the molecule is CC(C)(C)CC(C)(C)c1ccc(O[Si](C)(C)c2ccccc2)c(-n2nc3ccc([N+](=O)[O-])cc3n2)c1. The number of non-ortho nitro benzene ring substituents is 1. The smallest absolute Gasteiger partial charge is 0.276 e. The molecule has 188 valence electrons. The van der Waals surface area contributed by atoms with Crippen molar-refractivity contribution >= 4 is 30.2 Å². The Balaban J connectivity index is 1.84. The lowest BCUT2D eigenvalue weighted by Crippen LogP contribution is -2.47. The van der Waals surface area contributed by atoms with Gasteiger partial charge >= 0.3 is 0 Å². The van der Waals surface area contributed by atoms with Gasteiger partial charge in [0.05, 0.1) is 4.92 Å². The van der Waals surface area contributed by atoms with E-state index in [-0.39, 0.29) is 16.5 Å². The van der Waals surface area contributed by atoms with Gasteiger partial charge < -0.3 is 4.43 Å². The number of aromatic nitrogens is 3. The summed E-state index contributed by atoms with van der Waals surface area (Å²) in [4.78, 5) is 12.4. The summed E-state index contributed by atoms with van der Waals surface area (Å²) in [5.74, 6) is 0.695. The van der Waals surface area contributed by atoms with Crippen LogP contribution < -0.4 is 9.61 Å². The topological polar surface area (TPSA) is 83.1 Å². The van der Waals surface area contributed by atoms with Gasteiger partial charge in [0, 0.05) is 12.1 Å². The lowest BCUT2D eigenvalue weighted by atomic mass is 9.72. The molecule has 4 rings (SSSR count). The minimum atomic E-state index is -2.31. The molecule has 0 fully saturated rings. The third-order valence-electron chi connectivity index (χ3n) is 6.34. The van der Waals surface area contributed by atoms with Gasteiger partial charge in [-0.05, 0) is 59.3 Å². The highest BCUT2D eigenvalue weighted by atomic mass is 28.4. The standard InChI is InChI=1S/C28H34N4O3Si/c1-27(2,3)19-28(4,5)20-13-16-26(35-36(6,7)22-11-9-8-10-12-22)25(17-20)31-29-23-15-14-21(32(33)34)18-24(23)30-31/h8-18H,19H2,1-7H3. The third-order valence-corrected chi connectivity index (χ3v) is 8.79. The summed E-state index contributed by atoms with van der Waals surface area (Å²) in [6, 6.07) is 21.1. The van der Waals surface area contributed by atoms with Gasteiger partial charge in [0.2, 0.25) is 0 Å². The van der Waals surface area contributed by atoms with E-state index in [2.05, 4.69) is 82.2 Å². The monoisotopic (exact) mass is 502 g/mol. The summed E-state index contributed by atoms with van der Waals surface area (Å²) < 4.78 is 6.73. The van der Waals surface area contributed by atoms with Crippen molar-refractivity contribution in [3.8, 4) is 11.4 Å². The number of fused-ring (bicyclic) bond motifs is 1. The first kappa shape index (κ1) is 25.6. The number of hydrogen-bond donors (Lipinski definition) is 0. The molecular weight excluding hydrogens is 468 g/mol. The first-order chi connectivity index (χ1) is 16.7. The molecular formula is C28H34N4O3Si. The Bertz CT molecular complexity index is 1410. The molecule has 1 heterocycles. The average molecular weight is 503 g/mol. The molecule has 1 aromatic heterocycles. The van der Waals surface area contributed by atoms with Crippen molar-refractivity contribution in [1.82, 2.24) is 15.0 Å². The average Bonchev–Trinajstić information content (AvgIpc) is 3.21. The molecule has 8 heteroatoms. The van der Waals surface area contributed by atoms with E-state index in [9.17, 15) is 10.1 Å². The molecule has 0 radical (unpaired) electrons. The van der Waals surface area contributed by atoms with Crippen molar-refractivity contribution in [1.29, 1.82) is 0 Å². The minimum absolute atomic E-state index is 0.0105. The normalized spacial score (nSPS) is 12.6. The Morgan fingerprint density at radius 2 is 1.58 bits per heavy atom. The van der Waals surface area contributed by atoms with Crippen LogP contribution in [0.15, 0.2) is 66.7 Å². The van der Waals surface area contributed by atoms with E-state index in [1.165, 1.54) is 17.3 Å². The zero-order valence-corrected chi connectivity index (χ0v) is 23.1. The van der Waals surface area contributed by atoms with Crippen LogP contribution in [0.25, 0.3) is 16.7 Å². The van der Waals surface area contributed by atoms with Gasteiger partial charge in [-0.3, -0.25) is 10.1 Å². The molecule has 3 aromatic carbocycles. The summed E-state index contributed by atoms with van der Waals surface area (Å²) in [6.07, 6.45) is 0.991. The maximum absolute atomic E-state index is 11.3. The van der Waals surface area contributed by atoms with E-state index in [0.717, 1.165) is 17.7 Å². The molecule has 36 heavy (non-hydrogen) atoms. The van der Waals surface area contributed by atoms with Gasteiger partial charge in [-0.15, -0.1) is 15.0 Å². The van der Waals surface area contributed by atoms with Crippen molar-refractivity contribution in [2.24, 2.45) is 5.41 Å². The lowest BCUT2D eigenvalue weighted by molar-refractivity contribution is -0.384. The second-order valence-electron chi connectivity index (χ2n) is 11.7. The van der Waals surface area contributed by atoms with E-state index in [1.807, 2.05) is 24.3 Å². The van der Waals surface area contributed by atoms with Gasteiger partial charge in [-0.1, -0.05) is 71.0 Å². The number of nitro groups is 1. The predicted molar refractivity (Wildman–Crippen MR) is 147 cm³/mol. The number of benzene rings is 3. The predicted octanol–water partition coefficient (Wildman–Crippen LogP) is 6.53. The molecule has 0 unspecified atom stereocenters. The van der Waals surface area contributed by atoms with E-state index < -0.39 is 13.2 Å². The molecule has 0 aliphatic rings. The van der Waals surface area contributed by atoms with Crippen molar-refractivity contribution in [2.45, 2.75) is 59.5 Å². The van der Waals surface area contributed by atoms with Crippen molar-refractivity contribution < 1.29 is 9.35 Å². The van der Waals surface area contributed by atoms with Crippen LogP contribution in [-0.2, 0) is 5.41 Å². The van der Waals surface area contributed by atoms with Crippen LogP contribution in [0.4, 0.5) is 5.69 Å². The number of nitrogens with zero attached hydrogens (tertiary/aromatic N) is 4. The zero-order valence-electron chi connectivity index (χ0n) is 22.1. The summed E-state index contributed by atoms with van der Waals surface area (Å²) in [7, 11) is -2.31. The molecule has 0 amide bonds. The van der Waals surface area contributed by atoms with E-state index in [4.69, 9.17) is 4.43 Å². The van der Waals surface area contributed by atoms with Crippen LogP contribution in [-0.4, -0.2) is 28.2 Å². The summed E-state index contributed by atoms with van der Waals surface area (Å²) in [6.45, 7) is 15.6. The number of nitro benzene ring substituents is 1. The van der Waals surface area contributed by atoms with E-state index in [0.29, 0.717) is 16.8 Å². The lowest BCUT2D eigenvalue weighted by Gasteiger charge is -2.34. The molecule has 0 spiro atoms. The molecule has 0 saturated heterocycles. The Kier molecular flexibility index (Phi) is 6.51. The maximum atomic E-state index is 11.3. The molecule has 4 aromatic rings. The van der Waals surface area contributed by atoms with Crippen molar-refractivity contribution in [2.75, 3.05) is 0 Å². The first-order valence-electron chi connectivity index (χ1n) is 12.2. The molecule has 0 N–H and O–H groups in total. The maximum Gasteiger partial charge on any atom is 0.276 e. The highest BCUT2D eigenvalue weighted by Crippen LogP contribution is 2.39. The fourth-order valence-electron chi connectivity index (χ4n) is 4.91. The van der Waals surface area contributed by atoms with Gasteiger partial charge in [0.25, 0.3) is 14.0 Å². The summed E-state index contributed by atoms with van der Waals surface area (Å²) in [5.41, 5.74) is 2.99. The Labute approximate surface area is 213 Å².